The summed E-state index contributed by atoms with van der Waals surface area (Å²) in [4.78, 5) is 33.5. The minimum Gasteiger partial charge on any atom is -0.294 e. The highest BCUT2D eigenvalue weighted by molar-refractivity contribution is 6.03. The van der Waals surface area contributed by atoms with Crippen molar-refractivity contribution in [2.24, 2.45) is 0 Å². The predicted octanol–water partition coefficient (Wildman–Crippen LogP) is 4.90. The Hall–Kier alpha value is -3.41. The van der Waals surface area contributed by atoms with Crippen LogP contribution in [-0.2, 0) is 6.42 Å². The topological polar surface area (TPSA) is 72.0 Å². The zero-order valence-electron chi connectivity index (χ0n) is 16.9. The van der Waals surface area contributed by atoms with Gasteiger partial charge in [-0.05, 0) is 47.6 Å². The summed E-state index contributed by atoms with van der Waals surface area (Å²) in [6, 6.07) is 13.7. The van der Waals surface area contributed by atoms with Gasteiger partial charge < -0.3 is 0 Å². The van der Waals surface area contributed by atoms with Crippen molar-refractivity contribution in [2.45, 2.75) is 38.5 Å². The third-order valence-corrected chi connectivity index (χ3v) is 5.43. The number of nitrogens with one attached hydrogen (secondary N) is 1. The number of ketones is 1. The molecular weight excluding hydrogens is 381 g/mol. The number of nitrogens with zero attached hydrogens (tertiary/aromatic N) is 2. The fourth-order valence-electron chi connectivity index (χ4n) is 3.70. The molecule has 5 nitrogen and oxygen atoms in total. The van der Waals surface area contributed by atoms with E-state index >= 15 is 0 Å². The van der Waals surface area contributed by atoms with Gasteiger partial charge in [0, 0.05) is 18.2 Å². The lowest BCUT2D eigenvalue weighted by atomic mass is 9.81. The van der Waals surface area contributed by atoms with Crippen LogP contribution in [0, 0.1) is 5.82 Å². The molecule has 1 aromatic heterocycles. The fourth-order valence-corrected chi connectivity index (χ4v) is 3.70. The quantitative estimate of drug-likeness (QED) is 0.672. The van der Waals surface area contributed by atoms with Crippen LogP contribution in [0.25, 0.3) is 0 Å². The average molecular weight is 403 g/mol. The number of carbonyl (C=O) groups is 2. The van der Waals surface area contributed by atoms with E-state index in [9.17, 15) is 14.0 Å². The van der Waals surface area contributed by atoms with Gasteiger partial charge in [-0.25, -0.2) is 14.4 Å². The fraction of sp³-hybridized carbons (Fsp3) is 0.250. The second kappa shape index (κ2) is 8.14. The molecule has 152 valence electrons. The van der Waals surface area contributed by atoms with Gasteiger partial charge in [0.05, 0.1) is 11.3 Å². The summed E-state index contributed by atoms with van der Waals surface area (Å²) in [6.45, 7) is 4.29. The molecule has 1 N–H and O–H groups in total. The van der Waals surface area contributed by atoms with E-state index in [1.54, 1.807) is 0 Å². The van der Waals surface area contributed by atoms with E-state index in [2.05, 4.69) is 53.4 Å². The Morgan fingerprint density at radius 1 is 1.13 bits per heavy atom. The smallest absolute Gasteiger partial charge is 0.258 e. The first-order valence-corrected chi connectivity index (χ1v) is 9.96. The number of Topliss-reactive ketones (excluding diaryl/α,β-unsaturated/α-hetero) is 1. The van der Waals surface area contributed by atoms with Crippen LogP contribution in [0.2, 0.25) is 0 Å². The van der Waals surface area contributed by atoms with Crippen molar-refractivity contribution in [1.29, 1.82) is 0 Å². The summed E-state index contributed by atoms with van der Waals surface area (Å²) in [5, 5.41) is 2.59. The van der Waals surface area contributed by atoms with Gasteiger partial charge in [0.15, 0.2) is 5.78 Å². The Labute approximate surface area is 174 Å². The maximum atomic E-state index is 13.4. The molecule has 0 saturated carbocycles. The van der Waals surface area contributed by atoms with Crippen LogP contribution in [0.5, 0.6) is 0 Å². The second-order valence-corrected chi connectivity index (χ2v) is 7.87. The molecule has 1 unspecified atom stereocenters. The van der Waals surface area contributed by atoms with E-state index in [0.717, 1.165) is 11.6 Å². The normalized spacial score (nSPS) is 15.7. The van der Waals surface area contributed by atoms with Crippen molar-refractivity contribution in [3.8, 4) is 0 Å². The monoisotopic (exact) mass is 403 g/mol. The minimum atomic E-state index is -0.502. The Bertz CT molecular complexity index is 1110. The molecule has 0 aliphatic heterocycles. The summed E-state index contributed by atoms with van der Waals surface area (Å²) in [6.07, 6.45) is 2.46. The van der Waals surface area contributed by atoms with E-state index in [0.29, 0.717) is 30.0 Å². The Balaban J connectivity index is 1.55. The lowest BCUT2D eigenvalue weighted by Crippen LogP contribution is -2.22. The number of amides is 1. The standard InChI is InChI=1S/C24H22FN3O2/c1-14(2)15-6-8-16(9-7-15)18-11-21-20(22(29)12-18)13-26-24(27-21)28-23(30)17-4-3-5-19(25)10-17/h3-10,13-14,18H,11-12H2,1-2H3,(H,26,27,28,30). The molecule has 1 aliphatic rings. The first-order valence-electron chi connectivity index (χ1n) is 9.96. The van der Waals surface area contributed by atoms with Crippen molar-refractivity contribution in [2.75, 3.05) is 5.32 Å². The molecule has 4 rings (SSSR count). The molecule has 6 heteroatoms. The summed E-state index contributed by atoms with van der Waals surface area (Å²) in [5.74, 6) is -0.412. The number of rotatable bonds is 4. The molecule has 0 spiro atoms. The van der Waals surface area contributed by atoms with Crippen LogP contribution >= 0.6 is 0 Å². The zero-order chi connectivity index (χ0) is 21.3. The summed E-state index contributed by atoms with van der Waals surface area (Å²) >= 11 is 0. The molecule has 1 heterocycles. The highest BCUT2D eigenvalue weighted by Gasteiger charge is 2.28. The van der Waals surface area contributed by atoms with Gasteiger partial charge in [-0.2, -0.15) is 0 Å². The summed E-state index contributed by atoms with van der Waals surface area (Å²) < 4.78 is 13.4. The highest BCUT2D eigenvalue weighted by atomic mass is 19.1. The van der Waals surface area contributed by atoms with E-state index in [-0.39, 0.29) is 23.2 Å². The lowest BCUT2D eigenvalue weighted by molar-refractivity contribution is 0.0962. The zero-order valence-corrected chi connectivity index (χ0v) is 16.9. The Morgan fingerprint density at radius 3 is 2.60 bits per heavy atom. The van der Waals surface area contributed by atoms with Crippen LogP contribution in [0.15, 0.2) is 54.7 Å². The lowest BCUT2D eigenvalue weighted by Gasteiger charge is -2.23. The number of carbonyl (C=O) groups excluding carboxylic acids is 2. The van der Waals surface area contributed by atoms with Crippen molar-refractivity contribution < 1.29 is 14.0 Å². The summed E-state index contributed by atoms with van der Waals surface area (Å²) in [5.41, 5.74) is 3.64. The van der Waals surface area contributed by atoms with Crippen molar-refractivity contribution in [3.05, 3.63) is 88.5 Å². The van der Waals surface area contributed by atoms with Gasteiger partial charge in [-0.1, -0.05) is 44.2 Å². The number of fused-ring (bicyclic) bond motifs is 1. The first-order chi connectivity index (χ1) is 14.4. The molecule has 3 aromatic rings. The molecule has 1 aliphatic carbocycles. The number of hydrogen-bond acceptors (Lipinski definition) is 4. The Kier molecular flexibility index (Phi) is 5.40. The third-order valence-electron chi connectivity index (χ3n) is 5.43. The molecule has 2 aromatic carbocycles. The predicted molar refractivity (Wildman–Crippen MR) is 112 cm³/mol. The minimum absolute atomic E-state index is 0.00260. The maximum absolute atomic E-state index is 13.4. The van der Waals surface area contributed by atoms with Gasteiger partial charge in [0.25, 0.3) is 5.91 Å². The molecule has 1 atom stereocenters. The molecule has 0 radical (unpaired) electrons. The van der Waals surface area contributed by atoms with Crippen LogP contribution in [0.1, 0.15) is 69.6 Å². The average Bonchev–Trinajstić information content (AvgIpc) is 2.73. The Morgan fingerprint density at radius 2 is 1.90 bits per heavy atom. The number of anilines is 1. The molecule has 0 fully saturated rings. The number of aromatic nitrogens is 2. The van der Waals surface area contributed by atoms with E-state index in [1.807, 2.05) is 0 Å². The van der Waals surface area contributed by atoms with Gasteiger partial charge in [0.2, 0.25) is 5.95 Å². The van der Waals surface area contributed by atoms with Gasteiger partial charge in [-0.15, -0.1) is 0 Å². The second-order valence-electron chi connectivity index (χ2n) is 7.87. The SMILES string of the molecule is CC(C)c1ccc(C2CC(=O)c3cnc(NC(=O)c4cccc(F)c4)nc3C2)cc1. The largest absolute Gasteiger partial charge is 0.294 e. The van der Waals surface area contributed by atoms with E-state index < -0.39 is 11.7 Å². The molecular formula is C24H22FN3O2. The van der Waals surface area contributed by atoms with Crippen molar-refractivity contribution in [3.63, 3.8) is 0 Å². The molecule has 0 bridgehead atoms. The third kappa shape index (κ3) is 4.13. The van der Waals surface area contributed by atoms with Crippen LogP contribution in [0.4, 0.5) is 10.3 Å². The van der Waals surface area contributed by atoms with Crippen LogP contribution < -0.4 is 5.32 Å². The van der Waals surface area contributed by atoms with Crippen molar-refractivity contribution >= 4 is 17.6 Å². The summed E-state index contributed by atoms with van der Waals surface area (Å²) in [7, 11) is 0. The number of halogens is 1. The van der Waals surface area contributed by atoms with Gasteiger partial charge in [0.1, 0.15) is 5.82 Å². The van der Waals surface area contributed by atoms with Gasteiger partial charge >= 0.3 is 0 Å². The number of hydrogen-bond donors (Lipinski definition) is 1. The number of benzene rings is 2. The van der Waals surface area contributed by atoms with Gasteiger partial charge in [-0.3, -0.25) is 14.9 Å². The molecule has 30 heavy (non-hydrogen) atoms. The van der Waals surface area contributed by atoms with Crippen LogP contribution in [-0.4, -0.2) is 21.7 Å². The highest BCUT2D eigenvalue weighted by Crippen LogP contribution is 2.32. The first kappa shape index (κ1) is 19.9. The van der Waals surface area contributed by atoms with E-state index in [4.69, 9.17) is 0 Å². The molecule has 0 saturated heterocycles. The van der Waals surface area contributed by atoms with Crippen molar-refractivity contribution in [1.82, 2.24) is 9.97 Å². The van der Waals surface area contributed by atoms with E-state index in [1.165, 1.54) is 30.0 Å². The molecule has 1 amide bonds. The maximum Gasteiger partial charge on any atom is 0.258 e. The van der Waals surface area contributed by atoms with Crippen LogP contribution in [0.3, 0.4) is 0 Å².